The summed E-state index contributed by atoms with van der Waals surface area (Å²) in [7, 11) is -3.77. The van der Waals surface area contributed by atoms with Crippen molar-refractivity contribution >= 4 is 16.1 Å². The van der Waals surface area contributed by atoms with E-state index < -0.39 is 39.8 Å². The molecule has 0 aliphatic carbocycles. The van der Waals surface area contributed by atoms with Crippen LogP contribution in [0.3, 0.4) is 0 Å². The van der Waals surface area contributed by atoms with E-state index in [9.17, 15) is 18.3 Å². The molecule has 0 aromatic heterocycles. The van der Waals surface area contributed by atoms with E-state index in [2.05, 4.69) is 5.32 Å². The van der Waals surface area contributed by atoms with E-state index in [1.165, 1.54) is 4.31 Å². The van der Waals surface area contributed by atoms with E-state index in [0.29, 0.717) is 0 Å². The highest BCUT2D eigenvalue weighted by Gasteiger charge is 2.43. The first kappa shape index (κ1) is 24.2. The smallest absolute Gasteiger partial charge is 0.408 e. The van der Waals surface area contributed by atoms with Gasteiger partial charge in [0.15, 0.2) is 0 Å². The fourth-order valence-corrected chi connectivity index (χ4v) is 5.30. The lowest BCUT2D eigenvalue weighted by molar-refractivity contribution is 0.0451. The molecule has 0 spiro atoms. The number of amides is 1. The molecule has 174 valence electrons. The standard InChI is InChI=1S/C24H32N2O5S/c1-16-6-10-18(11-7-16)22(25-23(28)31-24(3,4)5)20-14-26(15-21(20)27)32(29,30)19-12-8-17(2)9-13-19/h6-13,20-22,27H,14-15H2,1-5H3,(H,25,28)/t20-,21-,22?/m1/s1. The summed E-state index contributed by atoms with van der Waals surface area (Å²) in [6, 6.07) is 13.6. The fraction of sp³-hybridized carbons (Fsp3) is 0.458. The Bertz CT molecular complexity index is 1040. The molecule has 0 radical (unpaired) electrons. The Morgan fingerprint density at radius 3 is 2.09 bits per heavy atom. The van der Waals surface area contributed by atoms with Crippen molar-refractivity contribution in [3.8, 4) is 0 Å². The van der Waals surface area contributed by atoms with E-state index in [1.807, 2.05) is 38.1 Å². The van der Waals surface area contributed by atoms with Crippen molar-refractivity contribution in [2.24, 2.45) is 5.92 Å². The van der Waals surface area contributed by atoms with Gasteiger partial charge in [-0.15, -0.1) is 0 Å². The fourth-order valence-electron chi connectivity index (χ4n) is 3.80. The van der Waals surface area contributed by atoms with Crippen molar-refractivity contribution in [3.63, 3.8) is 0 Å². The third-order valence-electron chi connectivity index (χ3n) is 5.49. The van der Waals surface area contributed by atoms with Crippen molar-refractivity contribution in [1.82, 2.24) is 9.62 Å². The van der Waals surface area contributed by atoms with Gasteiger partial charge in [0, 0.05) is 19.0 Å². The third-order valence-corrected chi connectivity index (χ3v) is 7.34. The molecule has 32 heavy (non-hydrogen) atoms. The molecule has 2 aromatic rings. The van der Waals surface area contributed by atoms with E-state index >= 15 is 0 Å². The number of aliphatic hydroxyl groups is 1. The van der Waals surface area contributed by atoms with E-state index in [4.69, 9.17) is 4.74 Å². The maximum Gasteiger partial charge on any atom is 0.408 e. The number of hydrogen-bond acceptors (Lipinski definition) is 5. The molecule has 1 fully saturated rings. The molecule has 1 unspecified atom stereocenters. The molecule has 8 heteroatoms. The molecule has 3 atom stereocenters. The number of hydrogen-bond donors (Lipinski definition) is 2. The molecule has 1 aliphatic heterocycles. The van der Waals surface area contributed by atoms with Gasteiger partial charge in [-0.2, -0.15) is 4.31 Å². The Morgan fingerprint density at radius 2 is 1.56 bits per heavy atom. The summed E-state index contributed by atoms with van der Waals surface area (Å²) in [6.07, 6.45) is -1.56. The summed E-state index contributed by atoms with van der Waals surface area (Å²) in [5.74, 6) is -0.537. The zero-order valence-corrected chi connectivity index (χ0v) is 20.0. The van der Waals surface area contributed by atoms with Crippen molar-refractivity contribution in [2.45, 2.75) is 57.3 Å². The van der Waals surface area contributed by atoms with E-state index in [1.54, 1.807) is 45.0 Å². The minimum absolute atomic E-state index is 0.0424. The summed E-state index contributed by atoms with van der Waals surface area (Å²) in [4.78, 5) is 12.7. The summed E-state index contributed by atoms with van der Waals surface area (Å²) >= 11 is 0. The molecule has 0 bridgehead atoms. The second-order valence-corrected chi connectivity index (χ2v) is 11.3. The van der Waals surface area contributed by atoms with Crippen LogP contribution in [-0.4, -0.2) is 48.7 Å². The predicted molar refractivity (Wildman–Crippen MR) is 123 cm³/mol. The highest BCUT2D eigenvalue weighted by Crippen LogP contribution is 2.34. The van der Waals surface area contributed by atoms with Gasteiger partial charge in [0.25, 0.3) is 0 Å². The number of β-amino-alcohol motifs (C(OH)–C–C–N with tert-alkyl or cyclic N) is 1. The van der Waals surface area contributed by atoms with Crippen LogP contribution in [0.15, 0.2) is 53.4 Å². The molecule has 1 amide bonds. The van der Waals surface area contributed by atoms with Crippen LogP contribution in [0, 0.1) is 19.8 Å². The summed E-state index contributed by atoms with van der Waals surface area (Å²) in [5.41, 5.74) is 2.11. The number of nitrogens with zero attached hydrogens (tertiary/aromatic N) is 1. The van der Waals surface area contributed by atoms with Crippen LogP contribution in [-0.2, 0) is 14.8 Å². The number of alkyl carbamates (subject to hydrolysis) is 1. The summed E-state index contributed by atoms with van der Waals surface area (Å²) in [5, 5.41) is 13.7. The van der Waals surface area contributed by atoms with Crippen LogP contribution < -0.4 is 5.32 Å². The minimum Gasteiger partial charge on any atom is -0.444 e. The first-order chi connectivity index (χ1) is 14.9. The normalized spacial score (nSPS) is 20.7. The van der Waals surface area contributed by atoms with E-state index in [0.717, 1.165) is 16.7 Å². The number of benzene rings is 2. The molecule has 0 saturated carbocycles. The molecular weight excluding hydrogens is 428 g/mol. The first-order valence-electron chi connectivity index (χ1n) is 10.7. The van der Waals surface area contributed by atoms with Gasteiger partial charge in [0.2, 0.25) is 10.0 Å². The number of carbonyl (C=O) groups excluding carboxylic acids is 1. The zero-order chi connectivity index (χ0) is 23.7. The van der Waals surface area contributed by atoms with Gasteiger partial charge in [0.05, 0.1) is 17.0 Å². The molecule has 2 N–H and O–H groups in total. The SMILES string of the molecule is Cc1ccc(C(NC(=O)OC(C)(C)C)[C@@H]2CN(S(=O)(=O)c3ccc(C)cc3)C[C@H]2O)cc1. The molecule has 2 aromatic carbocycles. The molecular formula is C24H32N2O5S. The van der Waals surface area contributed by atoms with Gasteiger partial charge in [0.1, 0.15) is 5.60 Å². The topological polar surface area (TPSA) is 95.9 Å². The highest BCUT2D eigenvalue weighted by atomic mass is 32.2. The average Bonchev–Trinajstić information content (AvgIpc) is 3.08. The number of carbonyl (C=O) groups is 1. The van der Waals surface area contributed by atoms with Crippen molar-refractivity contribution < 1.29 is 23.1 Å². The number of nitrogens with one attached hydrogen (secondary N) is 1. The van der Waals surface area contributed by atoms with Crippen LogP contribution >= 0.6 is 0 Å². The summed E-state index contributed by atoms with van der Waals surface area (Å²) in [6.45, 7) is 9.20. The lowest BCUT2D eigenvalue weighted by Crippen LogP contribution is -2.41. The highest BCUT2D eigenvalue weighted by molar-refractivity contribution is 7.89. The number of rotatable bonds is 5. The quantitative estimate of drug-likeness (QED) is 0.711. The van der Waals surface area contributed by atoms with Crippen LogP contribution in [0.1, 0.15) is 43.5 Å². The molecule has 1 aliphatic rings. The number of aryl methyl sites for hydroxylation is 2. The largest absolute Gasteiger partial charge is 0.444 e. The monoisotopic (exact) mass is 460 g/mol. The maximum atomic E-state index is 13.2. The average molecular weight is 461 g/mol. The Kier molecular flexibility index (Phi) is 6.97. The van der Waals surface area contributed by atoms with Crippen LogP contribution in [0.4, 0.5) is 4.79 Å². The van der Waals surface area contributed by atoms with E-state index in [-0.39, 0.29) is 18.0 Å². The minimum atomic E-state index is -3.77. The van der Waals surface area contributed by atoms with Crippen LogP contribution in [0.25, 0.3) is 0 Å². The van der Waals surface area contributed by atoms with Gasteiger partial charge >= 0.3 is 6.09 Å². The van der Waals surface area contributed by atoms with Crippen LogP contribution in [0.5, 0.6) is 0 Å². The number of ether oxygens (including phenoxy) is 1. The molecule has 3 rings (SSSR count). The maximum absolute atomic E-state index is 13.2. The van der Waals surface area contributed by atoms with Gasteiger partial charge < -0.3 is 15.2 Å². The molecule has 7 nitrogen and oxygen atoms in total. The second kappa shape index (κ2) is 9.21. The molecule has 1 heterocycles. The van der Waals surface area contributed by atoms with Gasteiger partial charge in [-0.1, -0.05) is 47.5 Å². The molecule has 1 saturated heterocycles. The van der Waals surface area contributed by atoms with Crippen LogP contribution in [0.2, 0.25) is 0 Å². The Balaban J connectivity index is 1.88. The Hall–Kier alpha value is -2.42. The van der Waals surface area contributed by atoms with Gasteiger partial charge in [-0.3, -0.25) is 0 Å². The first-order valence-corrected chi connectivity index (χ1v) is 12.1. The summed E-state index contributed by atoms with van der Waals surface area (Å²) < 4.78 is 33.0. The van der Waals surface area contributed by atoms with Crippen molar-refractivity contribution in [3.05, 3.63) is 65.2 Å². The number of aliphatic hydroxyl groups excluding tert-OH is 1. The zero-order valence-electron chi connectivity index (χ0n) is 19.2. The lowest BCUT2D eigenvalue weighted by Gasteiger charge is -2.29. The van der Waals surface area contributed by atoms with Gasteiger partial charge in [-0.25, -0.2) is 13.2 Å². The van der Waals surface area contributed by atoms with Crippen molar-refractivity contribution in [1.29, 1.82) is 0 Å². The Labute approximate surface area is 190 Å². The second-order valence-electron chi connectivity index (χ2n) is 9.40. The van der Waals surface area contributed by atoms with Gasteiger partial charge in [-0.05, 0) is 52.3 Å². The number of sulfonamides is 1. The predicted octanol–water partition coefficient (Wildman–Crippen LogP) is 3.55. The third kappa shape index (κ3) is 5.68. The van der Waals surface area contributed by atoms with Crippen molar-refractivity contribution in [2.75, 3.05) is 13.1 Å². The Morgan fingerprint density at radius 1 is 1.03 bits per heavy atom. The lowest BCUT2D eigenvalue weighted by atomic mass is 9.90.